The van der Waals surface area contributed by atoms with Gasteiger partial charge in [0.15, 0.2) is 0 Å². The molecule has 1 heterocycles. The maximum atomic E-state index is 5.76. The van der Waals surface area contributed by atoms with Gasteiger partial charge in [-0.3, -0.25) is 0 Å². The lowest BCUT2D eigenvalue weighted by Crippen LogP contribution is -1.92. The molecule has 0 radical (unpaired) electrons. The van der Waals surface area contributed by atoms with Crippen molar-refractivity contribution in [3.8, 4) is 22.8 Å². The molecule has 0 aliphatic carbocycles. The van der Waals surface area contributed by atoms with Crippen LogP contribution in [0.1, 0.15) is 0 Å². The Hall–Kier alpha value is -1.81. The largest absolute Gasteiger partial charge is 0.497 e. The van der Waals surface area contributed by atoms with E-state index in [9.17, 15) is 0 Å². The number of benzene rings is 1. The van der Waals surface area contributed by atoms with Crippen molar-refractivity contribution >= 4 is 11.6 Å². The molecule has 4 nitrogen and oxygen atoms in total. The first-order valence-electron chi connectivity index (χ1n) is 4.95. The molecule has 0 aliphatic heterocycles. The highest BCUT2D eigenvalue weighted by molar-refractivity contribution is 6.28. The van der Waals surface area contributed by atoms with Gasteiger partial charge in [-0.15, -0.1) is 0 Å². The van der Waals surface area contributed by atoms with Crippen LogP contribution in [0, 0.1) is 0 Å². The first kappa shape index (κ1) is 11.7. The molecule has 2 aromatic rings. The summed E-state index contributed by atoms with van der Waals surface area (Å²) in [6, 6.07) is 7.28. The molecule has 1 aromatic carbocycles. The van der Waals surface area contributed by atoms with E-state index in [2.05, 4.69) is 9.97 Å². The number of hydrogen-bond acceptors (Lipinski definition) is 4. The van der Waals surface area contributed by atoms with Gasteiger partial charge in [-0.25, -0.2) is 9.97 Å². The molecule has 5 heteroatoms. The van der Waals surface area contributed by atoms with Crippen molar-refractivity contribution in [2.24, 2.45) is 0 Å². The minimum Gasteiger partial charge on any atom is -0.497 e. The zero-order valence-electron chi connectivity index (χ0n) is 9.48. The summed E-state index contributed by atoms with van der Waals surface area (Å²) >= 11 is 5.76. The molecule has 1 aromatic heterocycles. The fourth-order valence-corrected chi connectivity index (χ4v) is 1.64. The SMILES string of the molecule is COc1ccc(-c2ccnc(Cl)n2)c(OC)c1. The van der Waals surface area contributed by atoms with Gasteiger partial charge in [0.25, 0.3) is 0 Å². The maximum absolute atomic E-state index is 5.76. The molecule has 0 aliphatic rings. The van der Waals surface area contributed by atoms with Gasteiger partial charge < -0.3 is 9.47 Å². The predicted octanol–water partition coefficient (Wildman–Crippen LogP) is 2.81. The second-order valence-electron chi connectivity index (χ2n) is 3.28. The van der Waals surface area contributed by atoms with Crippen LogP contribution >= 0.6 is 11.6 Å². The highest BCUT2D eigenvalue weighted by Gasteiger charge is 2.09. The fourth-order valence-electron chi connectivity index (χ4n) is 1.50. The Morgan fingerprint density at radius 1 is 1.12 bits per heavy atom. The van der Waals surface area contributed by atoms with Crippen LogP contribution in [-0.2, 0) is 0 Å². The molecule has 0 spiro atoms. The van der Waals surface area contributed by atoms with Crippen molar-refractivity contribution in [3.05, 3.63) is 35.7 Å². The summed E-state index contributed by atoms with van der Waals surface area (Å²) in [4.78, 5) is 7.98. The van der Waals surface area contributed by atoms with E-state index in [1.54, 1.807) is 32.5 Å². The lowest BCUT2D eigenvalue weighted by Gasteiger charge is -2.09. The second kappa shape index (κ2) is 5.01. The Labute approximate surface area is 104 Å². The number of nitrogens with zero attached hydrogens (tertiary/aromatic N) is 2. The minimum absolute atomic E-state index is 0.209. The van der Waals surface area contributed by atoms with E-state index in [-0.39, 0.29) is 5.28 Å². The van der Waals surface area contributed by atoms with Gasteiger partial charge in [0.1, 0.15) is 11.5 Å². The van der Waals surface area contributed by atoms with Crippen LogP contribution in [0.5, 0.6) is 11.5 Å². The summed E-state index contributed by atoms with van der Waals surface area (Å²) < 4.78 is 10.4. The van der Waals surface area contributed by atoms with Gasteiger partial charge in [0, 0.05) is 17.8 Å². The van der Waals surface area contributed by atoms with Crippen LogP contribution in [0.15, 0.2) is 30.5 Å². The van der Waals surface area contributed by atoms with Gasteiger partial charge in [-0.05, 0) is 29.8 Å². The zero-order chi connectivity index (χ0) is 12.3. The fraction of sp³-hybridized carbons (Fsp3) is 0.167. The standard InChI is InChI=1S/C12H11ClN2O2/c1-16-8-3-4-9(11(7-8)17-2)10-5-6-14-12(13)15-10/h3-7H,1-2H3. The Morgan fingerprint density at radius 3 is 2.59 bits per heavy atom. The summed E-state index contributed by atoms with van der Waals surface area (Å²) in [6.45, 7) is 0. The van der Waals surface area contributed by atoms with E-state index >= 15 is 0 Å². The first-order valence-corrected chi connectivity index (χ1v) is 5.33. The van der Waals surface area contributed by atoms with Crippen molar-refractivity contribution in [3.63, 3.8) is 0 Å². The average Bonchev–Trinajstić information content (AvgIpc) is 2.38. The number of rotatable bonds is 3. The summed E-state index contributed by atoms with van der Waals surface area (Å²) in [5, 5.41) is 0.209. The Morgan fingerprint density at radius 2 is 1.94 bits per heavy atom. The Balaban J connectivity index is 2.51. The summed E-state index contributed by atoms with van der Waals surface area (Å²) in [5.74, 6) is 1.41. The van der Waals surface area contributed by atoms with Crippen LogP contribution < -0.4 is 9.47 Å². The van der Waals surface area contributed by atoms with Crippen molar-refractivity contribution in [2.75, 3.05) is 14.2 Å². The van der Waals surface area contributed by atoms with E-state index in [1.165, 1.54) is 0 Å². The molecule has 0 amide bonds. The van der Waals surface area contributed by atoms with Gasteiger partial charge in [-0.2, -0.15) is 0 Å². The van der Waals surface area contributed by atoms with E-state index < -0.39 is 0 Å². The molecule has 17 heavy (non-hydrogen) atoms. The van der Waals surface area contributed by atoms with Crippen LogP contribution in [0.3, 0.4) is 0 Å². The highest BCUT2D eigenvalue weighted by atomic mass is 35.5. The molecule has 88 valence electrons. The second-order valence-corrected chi connectivity index (χ2v) is 3.62. The van der Waals surface area contributed by atoms with E-state index in [4.69, 9.17) is 21.1 Å². The topological polar surface area (TPSA) is 44.2 Å². The monoisotopic (exact) mass is 250 g/mol. The first-order chi connectivity index (χ1) is 8.24. The quantitative estimate of drug-likeness (QED) is 0.786. The number of hydrogen-bond donors (Lipinski definition) is 0. The molecule has 0 unspecified atom stereocenters. The third-order valence-corrected chi connectivity index (χ3v) is 2.49. The number of aromatic nitrogens is 2. The Bertz CT molecular complexity index is 532. The van der Waals surface area contributed by atoms with Gasteiger partial charge in [-0.1, -0.05) is 0 Å². The van der Waals surface area contributed by atoms with Crippen LogP contribution in [0.2, 0.25) is 5.28 Å². The third kappa shape index (κ3) is 2.47. The van der Waals surface area contributed by atoms with Gasteiger partial charge >= 0.3 is 0 Å². The number of ether oxygens (including phenoxy) is 2. The van der Waals surface area contributed by atoms with Crippen molar-refractivity contribution in [1.29, 1.82) is 0 Å². The summed E-state index contributed by atoms with van der Waals surface area (Å²) in [5.41, 5.74) is 1.56. The zero-order valence-corrected chi connectivity index (χ0v) is 10.2. The molecule has 0 N–H and O–H groups in total. The van der Waals surface area contributed by atoms with Crippen molar-refractivity contribution in [1.82, 2.24) is 9.97 Å². The molecular weight excluding hydrogens is 240 g/mol. The lowest BCUT2D eigenvalue weighted by molar-refractivity contribution is 0.395. The van der Waals surface area contributed by atoms with E-state index in [0.717, 1.165) is 11.3 Å². The molecule has 0 atom stereocenters. The van der Waals surface area contributed by atoms with Crippen molar-refractivity contribution in [2.45, 2.75) is 0 Å². The highest BCUT2D eigenvalue weighted by Crippen LogP contribution is 2.32. The molecular formula is C12H11ClN2O2. The van der Waals surface area contributed by atoms with Crippen molar-refractivity contribution < 1.29 is 9.47 Å². The number of halogens is 1. The number of methoxy groups -OCH3 is 2. The summed E-state index contributed by atoms with van der Waals surface area (Å²) in [7, 11) is 3.21. The molecule has 0 fully saturated rings. The lowest BCUT2D eigenvalue weighted by atomic mass is 10.1. The van der Waals surface area contributed by atoms with Gasteiger partial charge in [0.05, 0.1) is 19.9 Å². The molecule has 0 bridgehead atoms. The normalized spacial score (nSPS) is 10.1. The predicted molar refractivity (Wildman–Crippen MR) is 65.6 cm³/mol. The molecule has 0 saturated heterocycles. The van der Waals surface area contributed by atoms with Crippen LogP contribution in [0.25, 0.3) is 11.3 Å². The van der Waals surface area contributed by atoms with E-state index in [1.807, 2.05) is 12.1 Å². The smallest absolute Gasteiger partial charge is 0.222 e. The van der Waals surface area contributed by atoms with Crippen LogP contribution in [0.4, 0.5) is 0 Å². The minimum atomic E-state index is 0.209. The van der Waals surface area contributed by atoms with Gasteiger partial charge in [0.2, 0.25) is 5.28 Å². The summed E-state index contributed by atoms with van der Waals surface area (Å²) in [6.07, 6.45) is 1.61. The molecule has 0 saturated carbocycles. The average molecular weight is 251 g/mol. The van der Waals surface area contributed by atoms with Crippen LogP contribution in [-0.4, -0.2) is 24.2 Å². The maximum Gasteiger partial charge on any atom is 0.222 e. The third-order valence-electron chi connectivity index (χ3n) is 2.31. The molecule has 2 rings (SSSR count). The Kier molecular flexibility index (Phi) is 3.44. The van der Waals surface area contributed by atoms with E-state index in [0.29, 0.717) is 11.4 Å².